The lowest BCUT2D eigenvalue weighted by molar-refractivity contribution is 0.183. The van der Waals surface area contributed by atoms with Crippen LogP contribution in [0.3, 0.4) is 0 Å². The van der Waals surface area contributed by atoms with Gasteiger partial charge in [-0.15, -0.1) is 0 Å². The lowest BCUT2D eigenvalue weighted by atomic mass is 10.1. The van der Waals surface area contributed by atoms with Crippen molar-refractivity contribution >= 4 is 59.4 Å². The zero-order chi connectivity index (χ0) is 13.4. The number of hydrogen-bond acceptors (Lipinski definition) is 2. The van der Waals surface area contributed by atoms with Crippen LogP contribution in [0.15, 0.2) is 36.2 Å². The molecule has 0 saturated carbocycles. The van der Waals surface area contributed by atoms with Gasteiger partial charge < -0.3 is 9.52 Å². The summed E-state index contributed by atoms with van der Waals surface area (Å²) in [5.74, 6) is -0.465. The molecule has 0 saturated heterocycles. The molecule has 0 aliphatic heterocycles. The summed E-state index contributed by atoms with van der Waals surface area (Å²) in [4.78, 5) is 0. The van der Waals surface area contributed by atoms with E-state index in [0.717, 1.165) is 0 Å². The summed E-state index contributed by atoms with van der Waals surface area (Å²) >= 11 is 15.2. The van der Waals surface area contributed by atoms with Crippen LogP contribution in [0, 0.1) is 5.82 Å². The number of halogens is 5. The molecule has 0 aliphatic carbocycles. The van der Waals surface area contributed by atoms with E-state index in [0.29, 0.717) is 13.6 Å². The number of rotatable bonds is 2. The van der Waals surface area contributed by atoms with E-state index < -0.39 is 11.9 Å². The third-order valence-corrected chi connectivity index (χ3v) is 5.26. The highest BCUT2D eigenvalue weighted by molar-refractivity contribution is 9.13. The molecule has 0 amide bonds. The van der Waals surface area contributed by atoms with Gasteiger partial charge in [-0.05, 0) is 59.9 Å². The Labute approximate surface area is 133 Å². The van der Waals surface area contributed by atoms with Crippen molar-refractivity contribution in [3.05, 3.63) is 54.0 Å². The summed E-state index contributed by atoms with van der Waals surface area (Å²) in [5.41, 5.74) is 0.0527. The second-order valence-corrected chi connectivity index (χ2v) is 6.24. The fourth-order valence-corrected chi connectivity index (χ4v) is 2.49. The second-order valence-electron chi connectivity index (χ2n) is 3.44. The molecule has 0 bridgehead atoms. The van der Waals surface area contributed by atoms with Gasteiger partial charge in [0.1, 0.15) is 17.7 Å². The highest BCUT2D eigenvalue weighted by atomic mass is 79.9. The molecule has 0 radical (unpaired) electrons. The first-order valence-corrected chi connectivity index (χ1v) is 7.43. The van der Waals surface area contributed by atoms with Crippen LogP contribution in [0.1, 0.15) is 17.4 Å². The Hall–Kier alpha value is 0.120. The van der Waals surface area contributed by atoms with Crippen molar-refractivity contribution in [1.29, 1.82) is 0 Å². The van der Waals surface area contributed by atoms with Crippen molar-refractivity contribution in [1.82, 2.24) is 0 Å². The van der Waals surface area contributed by atoms with Gasteiger partial charge in [0.2, 0.25) is 0 Å². The molecule has 1 atom stereocenters. The quantitative estimate of drug-likeness (QED) is 0.602. The average molecular weight is 463 g/mol. The molecule has 0 fully saturated rings. The number of aliphatic hydroxyl groups is 1. The van der Waals surface area contributed by atoms with Crippen LogP contribution < -0.4 is 0 Å². The molecule has 0 spiro atoms. The Morgan fingerprint density at radius 3 is 2.44 bits per heavy atom. The first kappa shape index (κ1) is 14.5. The van der Waals surface area contributed by atoms with Crippen molar-refractivity contribution in [3.8, 4) is 0 Å². The molecule has 1 heterocycles. The van der Waals surface area contributed by atoms with E-state index in [1.54, 1.807) is 12.1 Å². The van der Waals surface area contributed by atoms with E-state index in [-0.39, 0.29) is 16.3 Å². The molecule has 7 heteroatoms. The molecular weight excluding hydrogens is 458 g/mol. The van der Waals surface area contributed by atoms with Gasteiger partial charge in [0.15, 0.2) is 4.67 Å². The Morgan fingerprint density at radius 2 is 1.89 bits per heavy atom. The Morgan fingerprint density at radius 1 is 1.22 bits per heavy atom. The molecule has 96 valence electrons. The Balaban J connectivity index is 2.46. The molecular formula is C11H5Br3ClFO2. The van der Waals surface area contributed by atoms with Crippen molar-refractivity contribution in [2.24, 2.45) is 0 Å². The average Bonchev–Trinajstić information content (AvgIpc) is 2.66. The predicted octanol–water partition coefficient (Wildman–Crippen LogP) is 5.44. The van der Waals surface area contributed by atoms with Crippen LogP contribution in [0.2, 0.25) is 5.02 Å². The molecule has 18 heavy (non-hydrogen) atoms. The molecule has 1 unspecified atom stereocenters. The Kier molecular flexibility index (Phi) is 4.54. The third kappa shape index (κ3) is 2.67. The van der Waals surface area contributed by atoms with Gasteiger partial charge in [-0.1, -0.05) is 17.7 Å². The third-order valence-electron chi connectivity index (χ3n) is 2.29. The minimum Gasteiger partial charge on any atom is -0.450 e. The minimum absolute atomic E-state index is 0.0527. The number of benzene rings is 1. The molecule has 1 N–H and O–H groups in total. The molecule has 1 aromatic heterocycles. The van der Waals surface area contributed by atoms with Gasteiger partial charge in [0, 0.05) is 10.0 Å². The van der Waals surface area contributed by atoms with E-state index in [1.807, 2.05) is 0 Å². The SMILES string of the molecule is OC(c1cc(Br)c(Br)o1)c1ccc(Br)c(Cl)c1F. The minimum atomic E-state index is -1.22. The van der Waals surface area contributed by atoms with Crippen molar-refractivity contribution in [2.45, 2.75) is 6.10 Å². The summed E-state index contributed by atoms with van der Waals surface area (Å²) in [5, 5.41) is 10.0. The fourth-order valence-electron chi connectivity index (χ4n) is 1.40. The van der Waals surface area contributed by atoms with Gasteiger partial charge >= 0.3 is 0 Å². The number of aliphatic hydroxyl groups excluding tert-OH is 1. The zero-order valence-electron chi connectivity index (χ0n) is 8.55. The predicted molar refractivity (Wildman–Crippen MR) is 77.3 cm³/mol. The van der Waals surface area contributed by atoms with Crippen molar-refractivity contribution < 1.29 is 13.9 Å². The van der Waals surface area contributed by atoms with Crippen LogP contribution in [0.5, 0.6) is 0 Å². The first-order chi connectivity index (χ1) is 8.41. The summed E-state index contributed by atoms with van der Waals surface area (Å²) in [7, 11) is 0. The smallest absolute Gasteiger partial charge is 0.183 e. The summed E-state index contributed by atoms with van der Waals surface area (Å²) in [6.07, 6.45) is -1.22. The maximum absolute atomic E-state index is 13.9. The van der Waals surface area contributed by atoms with Crippen LogP contribution in [-0.2, 0) is 0 Å². The van der Waals surface area contributed by atoms with E-state index in [9.17, 15) is 9.50 Å². The summed E-state index contributed by atoms with van der Waals surface area (Å²) < 4.78 is 20.7. The number of hydrogen-bond donors (Lipinski definition) is 1. The van der Waals surface area contributed by atoms with Gasteiger partial charge in [-0.2, -0.15) is 0 Å². The summed E-state index contributed by atoms with van der Waals surface area (Å²) in [6, 6.07) is 4.57. The van der Waals surface area contributed by atoms with E-state index in [2.05, 4.69) is 47.8 Å². The van der Waals surface area contributed by atoms with Crippen LogP contribution in [-0.4, -0.2) is 5.11 Å². The van der Waals surface area contributed by atoms with E-state index in [4.69, 9.17) is 16.0 Å². The van der Waals surface area contributed by atoms with Gasteiger partial charge in [-0.25, -0.2) is 4.39 Å². The van der Waals surface area contributed by atoms with Crippen LogP contribution in [0.25, 0.3) is 0 Å². The molecule has 2 aromatic rings. The lowest BCUT2D eigenvalue weighted by Gasteiger charge is -2.10. The lowest BCUT2D eigenvalue weighted by Crippen LogP contribution is -2.02. The van der Waals surface area contributed by atoms with Crippen LogP contribution in [0.4, 0.5) is 4.39 Å². The zero-order valence-corrected chi connectivity index (χ0v) is 14.1. The van der Waals surface area contributed by atoms with E-state index >= 15 is 0 Å². The van der Waals surface area contributed by atoms with Crippen molar-refractivity contribution in [2.75, 3.05) is 0 Å². The highest BCUT2D eigenvalue weighted by Crippen LogP contribution is 2.36. The summed E-state index contributed by atoms with van der Waals surface area (Å²) in [6.45, 7) is 0. The monoisotopic (exact) mass is 460 g/mol. The molecule has 2 nitrogen and oxygen atoms in total. The van der Waals surface area contributed by atoms with Gasteiger partial charge in [-0.3, -0.25) is 0 Å². The van der Waals surface area contributed by atoms with Crippen molar-refractivity contribution in [3.63, 3.8) is 0 Å². The molecule has 0 aliphatic rings. The molecule has 1 aromatic carbocycles. The largest absolute Gasteiger partial charge is 0.450 e. The number of furan rings is 1. The standard InChI is InChI=1S/C11H5Br3ClFO2/c12-5-2-1-4(9(16)8(5)15)10(17)7-3-6(13)11(14)18-7/h1-3,10,17H. The van der Waals surface area contributed by atoms with Gasteiger partial charge in [0.05, 0.1) is 9.50 Å². The maximum Gasteiger partial charge on any atom is 0.183 e. The second kappa shape index (κ2) is 5.63. The maximum atomic E-state index is 13.9. The van der Waals surface area contributed by atoms with Crippen LogP contribution >= 0.6 is 59.4 Å². The van der Waals surface area contributed by atoms with Gasteiger partial charge in [0.25, 0.3) is 0 Å². The Bertz CT molecular complexity index is 581. The van der Waals surface area contributed by atoms with E-state index in [1.165, 1.54) is 6.07 Å². The normalized spacial score (nSPS) is 12.8. The highest BCUT2D eigenvalue weighted by Gasteiger charge is 2.22. The molecule has 2 rings (SSSR count). The fraction of sp³-hybridized carbons (Fsp3) is 0.0909. The first-order valence-electron chi connectivity index (χ1n) is 4.68. The topological polar surface area (TPSA) is 33.4 Å².